The second-order valence-electron chi connectivity index (χ2n) is 3.77. The van der Waals surface area contributed by atoms with E-state index in [1.807, 2.05) is 0 Å². The van der Waals surface area contributed by atoms with Gasteiger partial charge < -0.3 is 4.74 Å². The third-order valence-electron chi connectivity index (χ3n) is 2.39. The number of benzene rings is 1. The average molecular weight is 292 g/mol. The molecule has 19 heavy (non-hydrogen) atoms. The van der Waals surface area contributed by atoms with Crippen LogP contribution in [-0.2, 0) is 14.8 Å². The summed E-state index contributed by atoms with van der Waals surface area (Å²) in [6, 6.07) is 2.39. The van der Waals surface area contributed by atoms with Crippen LogP contribution in [0.4, 0.5) is 10.1 Å². The van der Waals surface area contributed by atoms with E-state index in [1.54, 1.807) is 6.92 Å². The molecule has 0 bridgehead atoms. The topological polar surface area (TPSA) is 98.5 Å². The Labute approximate surface area is 109 Å². The fourth-order valence-corrected chi connectivity index (χ4v) is 2.32. The van der Waals surface area contributed by atoms with Crippen LogP contribution in [0.1, 0.15) is 6.92 Å². The molecule has 1 aromatic rings. The number of hydrogen-bond donors (Lipinski definition) is 1. The number of ether oxygens (including phenoxy) is 1. The van der Waals surface area contributed by atoms with Gasteiger partial charge in [0, 0.05) is 25.8 Å². The molecule has 0 aliphatic heterocycles. The van der Waals surface area contributed by atoms with Gasteiger partial charge in [-0.1, -0.05) is 0 Å². The summed E-state index contributed by atoms with van der Waals surface area (Å²) in [4.78, 5) is 9.12. The molecule has 1 rings (SSSR count). The molecule has 0 spiro atoms. The highest BCUT2D eigenvalue weighted by molar-refractivity contribution is 7.89. The second kappa shape index (κ2) is 6.04. The minimum Gasteiger partial charge on any atom is -0.380 e. The monoisotopic (exact) mass is 292 g/mol. The summed E-state index contributed by atoms with van der Waals surface area (Å²) in [7, 11) is -2.50. The molecule has 106 valence electrons. The summed E-state index contributed by atoms with van der Waals surface area (Å²) in [5, 5.41) is 10.4. The molecule has 0 aliphatic rings. The summed E-state index contributed by atoms with van der Waals surface area (Å²) in [6.07, 6.45) is -0.349. The average Bonchev–Trinajstić information content (AvgIpc) is 2.35. The van der Waals surface area contributed by atoms with Crippen molar-refractivity contribution >= 4 is 15.7 Å². The lowest BCUT2D eigenvalue weighted by molar-refractivity contribution is -0.387. The highest BCUT2D eigenvalue weighted by Gasteiger charge is 2.20. The number of methoxy groups -OCH3 is 1. The van der Waals surface area contributed by atoms with Crippen molar-refractivity contribution in [2.24, 2.45) is 0 Å². The molecule has 0 heterocycles. The van der Waals surface area contributed by atoms with Crippen LogP contribution < -0.4 is 4.72 Å². The molecular formula is C10H13FN2O5S. The van der Waals surface area contributed by atoms with Crippen molar-refractivity contribution in [3.63, 3.8) is 0 Å². The Hall–Kier alpha value is -1.58. The van der Waals surface area contributed by atoms with E-state index in [2.05, 4.69) is 4.72 Å². The van der Waals surface area contributed by atoms with E-state index in [0.717, 1.165) is 12.1 Å². The van der Waals surface area contributed by atoms with Crippen molar-refractivity contribution in [2.45, 2.75) is 17.9 Å². The number of sulfonamides is 1. The van der Waals surface area contributed by atoms with Crippen LogP contribution in [0.3, 0.4) is 0 Å². The number of nitro benzene ring substituents is 1. The fourth-order valence-electron chi connectivity index (χ4n) is 1.20. The number of nitrogens with one attached hydrogen (secondary N) is 1. The SMILES string of the molecule is COC(C)CNS(=O)(=O)c1ccc([N+](=O)[O-])c(F)c1. The molecule has 0 saturated carbocycles. The van der Waals surface area contributed by atoms with Gasteiger partial charge in [0.2, 0.25) is 15.8 Å². The minimum atomic E-state index is -3.92. The van der Waals surface area contributed by atoms with Gasteiger partial charge in [0.25, 0.3) is 0 Å². The summed E-state index contributed by atoms with van der Waals surface area (Å²) in [6.45, 7) is 1.66. The van der Waals surface area contributed by atoms with Crippen molar-refractivity contribution in [3.05, 3.63) is 34.1 Å². The van der Waals surface area contributed by atoms with E-state index >= 15 is 0 Å². The molecule has 1 aromatic carbocycles. The van der Waals surface area contributed by atoms with E-state index < -0.39 is 26.5 Å². The van der Waals surface area contributed by atoms with E-state index in [9.17, 15) is 22.9 Å². The zero-order valence-electron chi connectivity index (χ0n) is 10.3. The summed E-state index contributed by atoms with van der Waals surface area (Å²) >= 11 is 0. The standard InChI is InChI=1S/C10H13FN2O5S/c1-7(18-2)6-12-19(16,17)8-3-4-10(13(14)15)9(11)5-8/h3-5,7,12H,6H2,1-2H3. The molecule has 1 N–H and O–H groups in total. The predicted molar refractivity (Wildman–Crippen MR) is 64.7 cm³/mol. The largest absolute Gasteiger partial charge is 0.380 e. The Balaban J connectivity index is 2.96. The van der Waals surface area contributed by atoms with Crippen molar-refractivity contribution in [1.82, 2.24) is 4.72 Å². The van der Waals surface area contributed by atoms with Gasteiger partial charge in [-0.15, -0.1) is 0 Å². The predicted octanol–water partition coefficient (Wildman–Crippen LogP) is 1.05. The molecule has 1 atom stereocenters. The highest BCUT2D eigenvalue weighted by Crippen LogP contribution is 2.20. The van der Waals surface area contributed by atoms with Gasteiger partial charge in [0.05, 0.1) is 15.9 Å². The highest BCUT2D eigenvalue weighted by atomic mass is 32.2. The molecule has 9 heteroatoms. The smallest absolute Gasteiger partial charge is 0.304 e. The quantitative estimate of drug-likeness (QED) is 0.624. The maximum atomic E-state index is 13.3. The van der Waals surface area contributed by atoms with Gasteiger partial charge in [0.15, 0.2) is 0 Å². The molecule has 7 nitrogen and oxygen atoms in total. The van der Waals surface area contributed by atoms with Gasteiger partial charge in [-0.2, -0.15) is 4.39 Å². The number of hydrogen-bond acceptors (Lipinski definition) is 5. The summed E-state index contributed by atoms with van der Waals surface area (Å²) < 4.78 is 44.0. The van der Waals surface area contributed by atoms with Crippen molar-refractivity contribution in [2.75, 3.05) is 13.7 Å². The summed E-state index contributed by atoms with van der Waals surface area (Å²) in [5.74, 6) is -1.20. The van der Waals surface area contributed by atoms with Crippen LogP contribution >= 0.6 is 0 Å². The number of halogens is 1. The van der Waals surface area contributed by atoms with Crippen LogP contribution in [-0.4, -0.2) is 33.1 Å². The first-order valence-electron chi connectivity index (χ1n) is 5.24. The van der Waals surface area contributed by atoms with Gasteiger partial charge in [-0.05, 0) is 13.0 Å². The third kappa shape index (κ3) is 3.94. The molecule has 1 unspecified atom stereocenters. The zero-order chi connectivity index (χ0) is 14.6. The molecule has 0 aromatic heterocycles. The molecule has 0 aliphatic carbocycles. The fraction of sp³-hybridized carbons (Fsp3) is 0.400. The molecule has 0 saturated heterocycles. The first-order chi connectivity index (χ1) is 8.77. The number of nitrogens with zero attached hydrogens (tertiary/aromatic N) is 1. The van der Waals surface area contributed by atoms with Crippen molar-refractivity contribution in [3.8, 4) is 0 Å². The van der Waals surface area contributed by atoms with Crippen LogP contribution in [0.25, 0.3) is 0 Å². The van der Waals surface area contributed by atoms with Crippen LogP contribution in [0.15, 0.2) is 23.1 Å². The van der Waals surface area contributed by atoms with E-state index in [4.69, 9.17) is 4.74 Å². The summed E-state index contributed by atoms with van der Waals surface area (Å²) in [5.41, 5.74) is -0.774. The Bertz CT molecular complexity index is 575. The minimum absolute atomic E-state index is 0.0113. The van der Waals surface area contributed by atoms with Gasteiger partial charge in [-0.25, -0.2) is 13.1 Å². The lowest BCUT2D eigenvalue weighted by Crippen LogP contribution is -2.31. The molecular weight excluding hydrogens is 279 g/mol. The van der Waals surface area contributed by atoms with Crippen LogP contribution in [0.5, 0.6) is 0 Å². The van der Waals surface area contributed by atoms with Crippen LogP contribution in [0, 0.1) is 15.9 Å². The Kier molecular flexibility index (Phi) is 4.92. The first kappa shape index (κ1) is 15.5. The maximum absolute atomic E-state index is 13.3. The Morgan fingerprint density at radius 3 is 2.63 bits per heavy atom. The number of nitro groups is 1. The lowest BCUT2D eigenvalue weighted by atomic mass is 10.3. The zero-order valence-corrected chi connectivity index (χ0v) is 11.1. The van der Waals surface area contributed by atoms with Crippen LogP contribution in [0.2, 0.25) is 0 Å². The van der Waals surface area contributed by atoms with Gasteiger partial charge in [0.1, 0.15) is 0 Å². The maximum Gasteiger partial charge on any atom is 0.304 e. The molecule has 0 amide bonds. The lowest BCUT2D eigenvalue weighted by Gasteiger charge is -2.11. The van der Waals surface area contributed by atoms with Gasteiger partial charge in [-0.3, -0.25) is 10.1 Å². The first-order valence-corrected chi connectivity index (χ1v) is 6.72. The van der Waals surface area contributed by atoms with Crippen molar-refractivity contribution in [1.29, 1.82) is 0 Å². The van der Waals surface area contributed by atoms with E-state index in [0.29, 0.717) is 6.07 Å². The van der Waals surface area contributed by atoms with Crippen molar-refractivity contribution < 1.29 is 22.5 Å². The van der Waals surface area contributed by atoms with E-state index in [-0.39, 0.29) is 17.5 Å². The van der Waals surface area contributed by atoms with Gasteiger partial charge >= 0.3 is 5.69 Å². The number of rotatable bonds is 6. The second-order valence-corrected chi connectivity index (χ2v) is 5.54. The Morgan fingerprint density at radius 2 is 2.16 bits per heavy atom. The Morgan fingerprint density at radius 1 is 1.53 bits per heavy atom. The third-order valence-corrected chi connectivity index (χ3v) is 3.81. The molecule has 0 fully saturated rings. The molecule has 0 radical (unpaired) electrons. The normalized spacial score (nSPS) is 13.2. The van der Waals surface area contributed by atoms with E-state index in [1.165, 1.54) is 7.11 Å².